The zero-order valence-electron chi connectivity index (χ0n) is 9.19. The molecule has 0 atom stereocenters. The molecular formula is C12H17Cl2NO. The van der Waals surface area contributed by atoms with E-state index < -0.39 is 0 Å². The minimum Gasteiger partial charge on any atom is -0.492 e. The SMILES string of the molecule is Cl.ClCc1ccc(OCCN2CCC2)cc1. The third kappa shape index (κ3) is 3.85. The third-order valence-corrected chi connectivity index (χ3v) is 3.01. The summed E-state index contributed by atoms with van der Waals surface area (Å²) in [5.74, 6) is 1.50. The molecule has 0 aromatic heterocycles. The molecule has 1 aromatic carbocycles. The maximum absolute atomic E-state index is 5.70. The minimum atomic E-state index is 0. The fraction of sp³-hybridized carbons (Fsp3) is 0.500. The van der Waals surface area contributed by atoms with Gasteiger partial charge < -0.3 is 4.74 Å². The lowest BCUT2D eigenvalue weighted by molar-refractivity contribution is 0.147. The quantitative estimate of drug-likeness (QED) is 0.756. The summed E-state index contributed by atoms with van der Waals surface area (Å²) in [5, 5.41) is 0. The molecule has 1 fully saturated rings. The third-order valence-electron chi connectivity index (χ3n) is 2.70. The van der Waals surface area contributed by atoms with Crippen LogP contribution in [0.2, 0.25) is 0 Å². The van der Waals surface area contributed by atoms with Gasteiger partial charge >= 0.3 is 0 Å². The van der Waals surface area contributed by atoms with Crippen molar-refractivity contribution in [3.05, 3.63) is 29.8 Å². The molecule has 0 radical (unpaired) electrons. The molecule has 0 N–H and O–H groups in total. The van der Waals surface area contributed by atoms with Crippen LogP contribution in [0, 0.1) is 0 Å². The number of nitrogens with zero attached hydrogens (tertiary/aromatic N) is 1. The van der Waals surface area contributed by atoms with Crippen molar-refractivity contribution in [1.82, 2.24) is 4.90 Å². The number of hydrogen-bond donors (Lipinski definition) is 0. The minimum absolute atomic E-state index is 0. The molecule has 16 heavy (non-hydrogen) atoms. The molecule has 1 aliphatic rings. The van der Waals surface area contributed by atoms with E-state index in [2.05, 4.69) is 4.90 Å². The Balaban J connectivity index is 0.00000128. The van der Waals surface area contributed by atoms with Gasteiger partial charge in [-0.25, -0.2) is 0 Å². The molecule has 1 saturated heterocycles. The highest BCUT2D eigenvalue weighted by atomic mass is 35.5. The van der Waals surface area contributed by atoms with Crippen LogP contribution >= 0.6 is 24.0 Å². The van der Waals surface area contributed by atoms with Crippen molar-refractivity contribution in [2.75, 3.05) is 26.2 Å². The smallest absolute Gasteiger partial charge is 0.119 e. The van der Waals surface area contributed by atoms with E-state index in [4.69, 9.17) is 16.3 Å². The first-order valence-electron chi connectivity index (χ1n) is 5.38. The van der Waals surface area contributed by atoms with Gasteiger partial charge in [0.2, 0.25) is 0 Å². The van der Waals surface area contributed by atoms with E-state index in [1.54, 1.807) is 0 Å². The number of benzene rings is 1. The Bertz CT molecular complexity index is 298. The summed E-state index contributed by atoms with van der Waals surface area (Å²) in [7, 11) is 0. The lowest BCUT2D eigenvalue weighted by Gasteiger charge is -2.30. The van der Waals surface area contributed by atoms with Crippen LogP contribution in [0.4, 0.5) is 0 Å². The monoisotopic (exact) mass is 261 g/mol. The van der Waals surface area contributed by atoms with Crippen LogP contribution in [-0.4, -0.2) is 31.1 Å². The average Bonchev–Trinajstić information content (AvgIpc) is 2.23. The number of likely N-dealkylation sites (tertiary alicyclic amines) is 1. The van der Waals surface area contributed by atoms with E-state index in [-0.39, 0.29) is 12.4 Å². The van der Waals surface area contributed by atoms with Crippen molar-refractivity contribution >= 4 is 24.0 Å². The van der Waals surface area contributed by atoms with Crippen LogP contribution in [0.5, 0.6) is 5.75 Å². The average molecular weight is 262 g/mol. The fourth-order valence-corrected chi connectivity index (χ4v) is 1.75. The van der Waals surface area contributed by atoms with E-state index in [1.165, 1.54) is 19.5 Å². The van der Waals surface area contributed by atoms with Crippen molar-refractivity contribution in [2.24, 2.45) is 0 Å². The van der Waals surface area contributed by atoms with Gasteiger partial charge in [0.15, 0.2) is 0 Å². The largest absolute Gasteiger partial charge is 0.492 e. The molecule has 0 saturated carbocycles. The van der Waals surface area contributed by atoms with Crippen LogP contribution < -0.4 is 4.74 Å². The van der Waals surface area contributed by atoms with Gasteiger partial charge in [-0.2, -0.15) is 0 Å². The summed E-state index contributed by atoms with van der Waals surface area (Å²) in [6.07, 6.45) is 1.34. The van der Waals surface area contributed by atoms with Gasteiger partial charge in [0.25, 0.3) is 0 Å². The Morgan fingerprint density at radius 1 is 1.19 bits per heavy atom. The van der Waals surface area contributed by atoms with Gasteiger partial charge in [-0.3, -0.25) is 4.90 Å². The second kappa shape index (κ2) is 7.00. The molecule has 0 spiro atoms. The van der Waals surface area contributed by atoms with Gasteiger partial charge in [0.05, 0.1) is 0 Å². The normalized spacial score (nSPS) is 15.1. The molecular weight excluding hydrogens is 245 g/mol. The topological polar surface area (TPSA) is 12.5 Å². The summed E-state index contributed by atoms with van der Waals surface area (Å²) in [4.78, 5) is 2.40. The second-order valence-electron chi connectivity index (χ2n) is 3.82. The van der Waals surface area contributed by atoms with Crippen LogP contribution in [-0.2, 0) is 5.88 Å². The molecule has 0 unspecified atom stereocenters. The molecule has 2 rings (SSSR count). The zero-order valence-corrected chi connectivity index (χ0v) is 10.8. The molecule has 4 heteroatoms. The highest BCUT2D eigenvalue weighted by molar-refractivity contribution is 6.17. The van der Waals surface area contributed by atoms with E-state index in [0.29, 0.717) is 5.88 Å². The number of hydrogen-bond acceptors (Lipinski definition) is 2. The Labute approximate surface area is 108 Å². The molecule has 0 aliphatic carbocycles. The first kappa shape index (κ1) is 13.6. The summed E-state index contributed by atoms with van der Waals surface area (Å²) in [6, 6.07) is 7.97. The Kier molecular flexibility index (Phi) is 5.96. The van der Waals surface area contributed by atoms with Crippen molar-refractivity contribution in [2.45, 2.75) is 12.3 Å². The van der Waals surface area contributed by atoms with Crippen molar-refractivity contribution in [3.63, 3.8) is 0 Å². The molecule has 0 amide bonds. The number of halogens is 2. The first-order valence-corrected chi connectivity index (χ1v) is 5.92. The highest BCUT2D eigenvalue weighted by Gasteiger charge is 2.12. The molecule has 1 aromatic rings. The Morgan fingerprint density at radius 3 is 2.38 bits per heavy atom. The highest BCUT2D eigenvalue weighted by Crippen LogP contribution is 2.13. The molecule has 90 valence electrons. The molecule has 0 bridgehead atoms. The van der Waals surface area contributed by atoms with E-state index >= 15 is 0 Å². The lowest BCUT2D eigenvalue weighted by Crippen LogP contribution is -2.39. The van der Waals surface area contributed by atoms with Gasteiger partial charge in [0.1, 0.15) is 12.4 Å². The van der Waals surface area contributed by atoms with Crippen molar-refractivity contribution in [3.8, 4) is 5.75 Å². The van der Waals surface area contributed by atoms with Crippen LogP contribution in [0.15, 0.2) is 24.3 Å². The zero-order chi connectivity index (χ0) is 10.5. The van der Waals surface area contributed by atoms with Gasteiger partial charge in [0, 0.05) is 12.4 Å². The fourth-order valence-electron chi connectivity index (χ4n) is 1.57. The summed E-state index contributed by atoms with van der Waals surface area (Å²) in [6.45, 7) is 4.28. The van der Waals surface area contributed by atoms with Crippen molar-refractivity contribution in [1.29, 1.82) is 0 Å². The Hall–Kier alpha value is -0.440. The Morgan fingerprint density at radius 2 is 1.88 bits per heavy atom. The van der Waals surface area contributed by atoms with E-state index in [1.807, 2.05) is 24.3 Å². The maximum Gasteiger partial charge on any atom is 0.119 e. The summed E-state index contributed by atoms with van der Waals surface area (Å²) in [5.41, 5.74) is 1.13. The van der Waals surface area contributed by atoms with Crippen LogP contribution in [0.25, 0.3) is 0 Å². The van der Waals surface area contributed by atoms with Gasteiger partial charge in [-0.15, -0.1) is 24.0 Å². The first-order chi connectivity index (χ1) is 7.38. The molecule has 1 aliphatic heterocycles. The summed E-state index contributed by atoms with van der Waals surface area (Å²) < 4.78 is 5.63. The summed E-state index contributed by atoms with van der Waals surface area (Å²) >= 11 is 5.70. The van der Waals surface area contributed by atoms with Crippen molar-refractivity contribution < 1.29 is 4.74 Å². The van der Waals surface area contributed by atoms with E-state index in [0.717, 1.165) is 24.5 Å². The number of rotatable bonds is 5. The van der Waals surface area contributed by atoms with E-state index in [9.17, 15) is 0 Å². The van der Waals surface area contributed by atoms with Crippen LogP contribution in [0.3, 0.4) is 0 Å². The van der Waals surface area contributed by atoms with Gasteiger partial charge in [-0.05, 0) is 37.2 Å². The van der Waals surface area contributed by atoms with Crippen LogP contribution in [0.1, 0.15) is 12.0 Å². The standard InChI is InChI=1S/C12H16ClNO.ClH/c13-10-11-2-4-12(5-3-11)15-9-8-14-6-1-7-14;/h2-5H,1,6-10H2;1H. The second-order valence-corrected chi connectivity index (χ2v) is 4.09. The molecule has 1 heterocycles. The molecule has 2 nitrogen and oxygen atoms in total. The van der Waals surface area contributed by atoms with Gasteiger partial charge in [-0.1, -0.05) is 12.1 Å². The maximum atomic E-state index is 5.70. The predicted molar refractivity (Wildman–Crippen MR) is 69.8 cm³/mol. The number of ether oxygens (including phenoxy) is 1. The lowest BCUT2D eigenvalue weighted by atomic mass is 10.2. The predicted octanol–water partition coefficient (Wildman–Crippen LogP) is 2.93. The number of alkyl halides is 1.